The third-order valence-corrected chi connectivity index (χ3v) is 6.72. The fraction of sp³-hybridized carbons (Fsp3) is 0.469. The van der Waals surface area contributed by atoms with Gasteiger partial charge in [-0.3, -0.25) is 9.59 Å². The molecule has 3 atom stereocenters. The molecule has 3 amide bonds. The Balaban J connectivity index is 2.62. The number of nitrogens with zero attached hydrogens (tertiary/aromatic N) is 1. The first-order valence-corrected chi connectivity index (χ1v) is 14.4. The molecule has 3 unspecified atom stereocenters. The van der Waals surface area contributed by atoms with E-state index in [0.29, 0.717) is 34.9 Å². The van der Waals surface area contributed by atoms with Crippen LogP contribution in [0.2, 0.25) is 0 Å². The number of amides is 3. The van der Waals surface area contributed by atoms with E-state index in [-0.39, 0.29) is 11.8 Å². The van der Waals surface area contributed by atoms with Gasteiger partial charge in [0.2, 0.25) is 5.91 Å². The van der Waals surface area contributed by atoms with Crippen LogP contribution in [0.15, 0.2) is 48.5 Å². The van der Waals surface area contributed by atoms with Gasteiger partial charge < -0.3 is 25.0 Å². The Morgan fingerprint density at radius 2 is 1.66 bits per heavy atom. The average Bonchev–Trinajstić information content (AvgIpc) is 2.92. The molecule has 2 aromatic carbocycles. The summed E-state index contributed by atoms with van der Waals surface area (Å²) in [6.07, 6.45) is 6.55. The van der Waals surface area contributed by atoms with Crippen molar-refractivity contribution >= 4 is 36.2 Å². The predicted octanol–water partition coefficient (Wildman–Crippen LogP) is 5.83. The topological polar surface area (TPSA) is 97.0 Å². The van der Waals surface area contributed by atoms with Gasteiger partial charge in [0, 0.05) is 23.0 Å². The Kier molecular flexibility index (Phi) is 12.6. The molecule has 9 heteroatoms. The highest BCUT2D eigenvalue weighted by Crippen LogP contribution is 2.31. The number of nitrogens with one attached hydrogen (secondary N) is 2. The smallest absolute Gasteiger partial charge is 0.408 e. The lowest BCUT2D eigenvalue weighted by Gasteiger charge is -2.39. The predicted molar refractivity (Wildman–Crippen MR) is 166 cm³/mol. The van der Waals surface area contributed by atoms with Crippen molar-refractivity contribution in [1.82, 2.24) is 10.2 Å². The van der Waals surface area contributed by atoms with Crippen molar-refractivity contribution in [2.45, 2.75) is 78.1 Å². The van der Waals surface area contributed by atoms with Gasteiger partial charge in [0.1, 0.15) is 23.4 Å². The maximum absolute atomic E-state index is 14.3. The van der Waals surface area contributed by atoms with Crippen LogP contribution in [-0.2, 0) is 14.3 Å². The van der Waals surface area contributed by atoms with E-state index >= 15 is 0 Å². The second kappa shape index (κ2) is 15.4. The van der Waals surface area contributed by atoms with Crippen LogP contribution in [0.1, 0.15) is 71.6 Å². The second-order valence-corrected chi connectivity index (χ2v) is 11.7. The summed E-state index contributed by atoms with van der Waals surface area (Å²) in [6, 6.07) is 11.4. The first kappa shape index (κ1) is 33.6. The van der Waals surface area contributed by atoms with Crippen LogP contribution >= 0.6 is 12.6 Å². The molecular formula is C32H43N3O5S. The number of anilines is 1. The number of rotatable bonds is 12. The Morgan fingerprint density at radius 1 is 1.02 bits per heavy atom. The van der Waals surface area contributed by atoms with E-state index in [1.807, 2.05) is 6.92 Å². The minimum absolute atomic E-state index is 0.00488. The van der Waals surface area contributed by atoms with E-state index in [0.717, 1.165) is 6.42 Å². The minimum Gasteiger partial charge on any atom is -0.497 e. The lowest BCUT2D eigenvalue weighted by atomic mass is 9.94. The lowest BCUT2D eigenvalue weighted by molar-refractivity contribution is -0.143. The molecule has 0 spiro atoms. The normalized spacial score (nSPS) is 13.4. The zero-order chi connectivity index (χ0) is 30.7. The maximum atomic E-state index is 14.3. The molecule has 2 N–H and O–H groups in total. The van der Waals surface area contributed by atoms with E-state index in [1.54, 1.807) is 76.4 Å². The fourth-order valence-corrected chi connectivity index (χ4v) is 4.54. The molecule has 8 nitrogen and oxygen atoms in total. The summed E-state index contributed by atoms with van der Waals surface area (Å²) < 4.78 is 10.6. The van der Waals surface area contributed by atoms with Gasteiger partial charge in [-0.05, 0) is 82.3 Å². The van der Waals surface area contributed by atoms with Gasteiger partial charge >= 0.3 is 6.09 Å². The van der Waals surface area contributed by atoms with Crippen molar-refractivity contribution in [3.8, 4) is 18.1 Å². The number of carbonyl (C=O) groups excluding carboxylic acids is 3. The Bertz CT molecular complexity index is 1220. The van der Waals surface area contributed by atoms with Crippen LogP contribution in [0, 0.1) is 18.3 Å². The Hall–Kier alpha value is -3.64. The molecule has 0 heterocycles. The number of hydrogen-bond acceptors (Lipinski definition) is 6. The zero-order valence-corrected chi connectivity index (χ0v) is 26.0. The third-order valence-electron chi connectivity index (χ3n) is 6.36. The first-order valence-electron chi connectivity index (χ1n) is 13.7. The van der Waals surface area contributed by atoms with Crippen LogP contribution in [-0.4, -0.2) is 53.4 Å². The van der Waals surface area contributed by atoms with E-state index in [4.69, 9.17) is 15.9 Å². The number of terminal acetylenes is 1. The van der Waals surface area contributed by atoms with Crippen molar-refractivity contribution in [1.29, 1.82) is 0 Å². The van der Waals surface area contributed by atoms with Crippen LogP contribution < -0.4 is 15.4 Å². The highest BCUT2D eigenvalue weighted by atomic mass is 32.1. The standard InChI is InChI=1S/C32H43N3O5S/c1-9-23-12-10-11-13-26(23)28(29(36)33-24-16-18-25(39-8)19-17-24)35(22(4)15-14-21(2)3)30(37)27(20-41)34-31(38)40-32(5,6)7/h1,10-13,16-19,21-22,27-28,41H,14-15,20H2,2-8H3,(H,33,36)(H,34,38). The summed E-state index contributed by atoms with van der Waals surface area (Å²) in [7, 11) is 1.56. The molecule has 2 rings (SSSR count). The summed E-state index contributed by atoms with van der Waals surface area (Å²) >= 11 is 4.37. The molecule has 0 aliphatic heterocycles. The molecule has 0 aliphatic rings. The fourth-order valence-electron chi connectivity index (χ4n) is 4.30. The highest BCUT2D eigenvalue weighted by molar-refractivity contribution is 7.80. The van der Waals surface area contributed by atoms with Gasteiger partial charge in [-0.2, -0.15) is 12.6 Å². The number of alkyl carbamates (subject to hydrolysis) is 1. The number of benzene rings is 2. The summed E-state index contributed by atoms with van der Waals surface area (Å²) in [5, 5.41) is 5.58. The number of ether oxygens (including phenoxy) is 2. The summed E-state index contributed by atoms with van der Waals surface area (Å²) in [4.78, 5) is 42.6. The van der Waals surface area contributed by atoms with Gasteiger partial charge in [-0.15, -0.1) is 6.42 Å². The molecule has 0 saturated carbocycles. The van der Waals surface area contributed by atoms with Crippen LogP contribution in [0.5, 0.6) is 5.75 Å². The molecule has 41 heavy (non-hydrogen) atoms. The summed E-state index contributed by atoms with van der Waals surface area (Å²) in [6.45, 7) is 11.3. The van der Waals surface area contributed by atoms with Gasteiger partial charge in [0.25, 0.3) is 5.91 Å². The van der Waals surface area contributed by atoms with Gasteiger partial charge in [0.05, 0.1) is 7.11 Å². The van der Waals surface area contributed by atoms with Gasteiger partial charge in [0.15, 0.2) is 0 Å². The van der Waals surface area contributed by atoms with E-state index in [1.165, 1.54) is 4.90 Å². The number of thiol groups is 1. The van der Waals surface area contributed by atoms with Gasteiger partial charge in [-0.25, -0.2) is 4.79 Å². The van der Waals surface area contributed by atoms with E-state index in [9.17, 15) is 14.4 Å². The van der Waals surface area contributed by atoms with Crippen LogP contribution in [0.4, 0.5) is 10.5 Å². The van der Waals surface area contributed by atoms with Crippen molar-refractivity contribution in [2.75, 3.05) is 18.2 Å². The molecule has 222 valence electrons. The molecule has 0 fully saturated rings. The molecule has 2 aromatic rings. The van der Waals surface area contributed by atoms with Crippen molar-refractivity contribution in [3.63, 3.8) is 0 Å². The monoisotopic (exact) mass is 581 g/mol. The highest BCUT2D eigenvalue weighted by Gasteiger charge is 2.39. The molecule has 0 bridgehead atoms. The average molecular weight is 582 g/mol. The Labute approximate surface area is 250 Å². The van der Waals surface area contributed by atoms with Crippen LogP contribution in [0.25, 0.3) is 0 Å². The van der Waals surface area contributed by atoms with Gasteiger partial charge in [-0.1, -0.05) is 38.0 Å². The third kappa shape index (κ3) is 10.0. The second-order valence-electron chi connectivity index (χ2n) is 11.3. The van der Waals surface area contributed by atoms with Crippen molar-refractivity contribution in [2.24, 2.45) is 5.92 Å². The molecule has 0 aromatic heterocycles. The van der Waals surface area contributed by atoms with E-state index in [2.05, 4.69) is 43.0 Å². The SMILES string of the molecule is C#Cc1ccccc1C(C(=O)Nc1ccc(OC)cc1)N(C(=O)C(CS)NC(=O)OC(C)(C)C)C(C)CCC(C)C. The minimum atomic E-state index is -1.10. The summed E-state index contributed by atoms with van der Waals surface area (Å²) in [5.41, 5.74) is 0.754. The maximum Gasteiger partial charge on any atom is 0.408 e. The molecular weight excluding hydrogens is 538 g/mol. The van der Waals surface area contributed by atoms with Crippen LogP contribution in [0.3, 0.4) is 0 Å². The van der Waals surface area contributed by atoms with Crippen molar-refractivity contribution in [3.05, 3.63) is 59.7 Å². The quantitative estimate of drug-likeness (QED) is 0.216. The molecule has 0 aliphatic carbocycles. The molecule has 0 radical (unpaired) electrons. The number of hydrogen-bond donors (Lipinski definition) is 3. The van der Waals surface area contributed by atoms with E-state index < -0.39 is 35.6 Å². The largest absolute Gasteiger partial charge is 0.497 e. The van der Waals surface area contributed by atoms with Crippen molar-refractivity contribution < 1.29 is 23.9 Å². The lowest BCUT2D eigenvalue weighted by Crippen LogP contribution is -2.55. The number of methoxy groups -OCH3 is 1. The zero-order valence-electron chi connectivity index (χ0n) is 25.1. The number of carbonyl (C=O) groups is 3. The molecule has 0 saturated heterocycles. The Morgan fingerprint density at radius 3 is 2.20 bits per heavy atom. The first-order chi connectivity index (χ1) is 19.3. The summed E-state index contributed by atoms with van der Waals surface area (Å²) in [5.74, 6) is 2.75.